The fourth-order valence-electron chi connectivity index (χ4n) is 2.71. The molecule has 68 valence electrons. The Balaban J connectivity index is 2.10. The topological polar surface area (TPSA) is 40.5 Å². The minimum Gasteiger partial charge on any atom is -0.396 e. The number of rotatable bonds is 1. The summed E-state index contributed by atoms with van der Waals surface area (Å²) >= 11 is 0. The molecule has 1 fully saturated rings. The van der Waals surface area contributed by atoms with Crippen molar-refractivity contribution in [3.8, 4) is 0 Å². The van der Waals surface area contributed by atoms with Gasteiger partial charge in [0, 0.05) is 12.5 Å². The highest BCUT2D eigenvalue weighted by Gasteiger charge is 2.41. The van der Waals surface area contributed by atoms with Gasteiger partial charge in [-0.15, -0.1) is 0 Å². The van der Waals surface area contributed by atoms with Crippen molar-refractivity contribution >= 4 is 0 Å². The standard InChI is InChI=1S/C10H16O2/c11-6-9-8-4-2-1-3-7(8)5-10(9)12/h1-2,7-12H,3-6H2/t7-,8+,9-,10+/m0/s1. The number of hydrogen-bond acceptors (Lipinski definition) is 2. The first-order chi connectivity index (χ1) is 5.83. The maximum absolute atomic E-state index is 9.63. The van der Waals surface area contributed by atoms with Crippen LogP contribution < -0.4 is 0 Å². The van der Waals surface area contributed by atoms with Crippen molar-refractivity contribution in [1.82, 2.24) is 0 Å². The van der Waals surface area contributed by atoms with E-state index in [4.69, 9.17) is 5.11 Å². The van der Waals surface area contributed by atoms with Gasteiger partial charge in [0.25, 0.3) is 0 Å². The van der Waals surface area contributed by atoms with Crippen molar-refractivity contribution in [2.24, 2.45) is 17.8 Å². The van der Waals surface area contributed by atoms with Crippen LogP contribution in [-0.4, -0.2) is 22.9 Å². The first-order valence-electron chi connectivity index (χ1n) is 4.77. The van der Waals surface area contributed by atoms with Gasteiger partial charge < -0.3 is 10.2 Å². The maximum atomic E-state index is 9.63. The number of allylic oxidation sites excluding steroid dienone is 2. The van der Waals surface area contributed by atoms with E-state index in [1.54, 1.807) is 0 Å². The molecule has 0 unspecified atom stereocenters. The molecule has 0 aromatic carbocycles. The summed E-state index contributed by atoms with van der Waals surface area (Å²) in [7, 11) is 0. The second-order valence-electron chi connectivity index (χ2n) is 4.02. The average Bonchev–Trinajstić information content (AvgIpc) is 2.40. The molecule has 0 aromatic heterocycles. The van der Waals surface area contributed by atoms with Crippen LogP contribution in [0.1, 0.15) is 19.3 Å². The molecule has 2 nitrogen and oxygen atoms in total. The molecule has 0 saturated heterocycles. The molecule has 0 radical (unpaired) electrons. The molecular weight excluding hydrogens is 152 g/mol. The second-order valence-corrected chi connectivity index (χ2v) is 4.02. The van der Waals surface area contributed by atoms with Crippen LogP contribution in [0.25, 0.3) is 0 Å². The highest BCUT2D eigenvalue weighted by atomic mass is 16.3. The minimum absolute atomic E-state index is 0.139. The van der Waals surface area contributed by atoms with Gasteiger partial charge in [0.15, 0.2) is 0 Å². The van der Waals surface area contributed by atoms with Crippen LogP contribution >= 0.6 is 0 Å². The van der Waals surface area contributed by atoms with Gasteiger partial charge in [0.2, 0.25) is 0 Å². The summed E-state index contributed by atoms with van der Waals surface area (Å²) in [5, 5.41) is 18.7. The van der Waals surface area contributed by atoms with E-state index < -0.39 is 0 Å². The fourth-order valence-corrected chi connectivity index (χ4v) is 2.71. The van der Waals surface area contributed by atoms with Gasteiger partial charge in [-0.05, 0) is 31.1 Å². The highest BCUT2D eigenvalue weighted by molar-refractivity contribution is 5.02. The Hall–Kier alpha value is -0.340. The molecule has 2 rings (SSSR count). The highest BCUT2D eigenvalue weighted by Crippen LogP contribution is 2.43. The molecule has 2 heteroatoms. The van der Waals surface area contributed by atoms with Gasteiger partial charge in [-0.25, -0.2) is 0 Å². The Morgan fingerprint density at radius 3 is 2.75 bits per heavy atom. The van der Waals surface area contributed by atoms with Crippen molar-refractivity contribution in [3.63, 3.8) is 0 Å². The Bertz CT molecular complexity index is 188. The zero-order valence-corrected chi connectivity index (χ0v) is 7.19. The zero-order valence-electron chi connectivity index (χ0n) is 7.19. The third-order valence-electron chi connectivity index (χ3n) is 3.42. The van der Waals surface area contributed by atoms with E-state index in [0.29, 0.717) is 11.8 Å². The van der Waals surface area contributed by atoms with Gasteiger partial charge >= 0.3 is 0 Å². The molecule has 0 spiro atoms. The van der Waals surface area contributed by atoms with E-state index in [2.05, 4.69) is 12.2 Å². The summed E-state index contributed by atoms with van der Waals surface area (Å²) in [6.07, 6.45) is 7.16. The Morgan fingerprint density at radius 1 is 1.25 bits per heavy atom. The molecule has 0 aromatic rings. The fraction of sp³-hybridized carbons (Fsp3) is 0.800. The predicted octanol–water partition coefficient (Wildman–Crippen LogP) is 0.942. The number of fused-ring (bicyclic) bond motifs is 1. The number of aliphatic hydroxyl groups is 2. The van der Waals surface area contributed by atoms with E-state index in [0.717, 1.165) is 19.3 Å². The summed E-state index contributed by atoms with van der Waals surface area (Å²) < 4.78 is 0. The normalized spacial score (nSPS) is 46.2. The van der Waals surface area contributed by atoms with Gasteiger partial charge in [0.05, 0.1) is 6.10 Å². The third-order valence-corrected chi connectivity index (χ3v) is 3.42. The first kappa shape index (κ1) is 8.27. The molecule has 12 heavy (non-hydrogen) atoms. The van der Waals surface area contributed by atoms with E-state index >= 15 is 0 Å². The van der Waals surface area contributed by atoms with Crippen molar-refractivity contribution in [2.75, 3.05) is 6.61 Å². The summed E-state index contributed by atoms with van der Waals surface area (Å²) in [6.45, 7) is 0.149. The molecule has 2 aliphatic rings. The van der Waals surface area contributed by atoms with Crippen molar-refractivity contribution < 1.29 is 10.2 Å². The maximum Gasteiger partial charge on any atom is 0.0596 e. The molecule has 0 aliphatic heterocycles. The average molecular weight is 168 g/mol. The monoisotopic (exact) mass is 168 g/mol. The van der Waals surface area contributed by atoms with Crippen LogP contribution in [0.2, 0.25) is 0 Å². The SMILES string of the molecule is OC[C@H]1[C@@H]2CC=CC[C@H]2C[C@H]1O. The van der Waals surface area contributed by atoms with Crippen molar-refractivity contribution in [3.05, 3.63) is 12.2 Å². The van der Waals surface area contributed by atoms with Gasteiger partial charge in [-0.2, -0.15) is 0 Å². The first-order valence-corrected chi connectivity index (χ1v) is 4.77. The summed E-state index contributed by atoms with van der Waals surface area (Å²) in [4.78, 5) is 0. The Labute approximate surface area is 72.9 Å². The summed E-state index contributed by atoms with van der Waals surface area (Å²) in [5.74, 6) is 1.30. The molecule has 0 heterocycles. The lowest BCUT2D eigenvalue weighted by molar-refractivity contribution is 0.0718. The number of aliphatic hydroxyl groups excluding tert-OH is 2. The molecule has 0 bridgehead atoms. The van der Waals surface area contributed by atoms with Crippen LogP contribution in [0.5, 0.6) is 0 Å². The van der Waals surface area contributed by atoms with Crippen LogP contribution in [-0.2, 0) is 0 Å². The predicted molar refractivity (Wildman–Crippen MR) is 46.6 cm³/mol. The molecule has 2 aliphatic carbocycles. The van der Waals surface area contributed by atoms with Gasteiger partial charge in [-0.3, -0.25) is 0 Å². The molecule has 1 saturated carbocycles. The molecule has 2 N–H and O–H groups in total. The van der Waals surface area contributed by atoms with Gasteiger partial charge in [0.1, 0.15) is 0 Å². The minimum atomic E-state index is -0.259. The zero-order chi connectivity index (χ0) is 8.55. The quantitative estimate of drug-likeness (QED) is 0.572. The van der Waals surface area contributed by atoms with Gasteiger partial charge in [-0.1, -0.05) is 12.2 Å². The second kappa shape index (κ2) is 3.19. The summed E-state index contributed by atoms with van der Waals surface area (Å²) in [5.41, 5.74) is 0. The van der Waals surface area contributed by atoms with Crippen LogP contribution in [0, 0.1) is 17.8 Å². The van der Waals surface area contributed by atoms with E-state index in [1.807, 2.05) is 0 Å². The van der Waals surface area contributed by atoms with E-state index in [-0.39, 0.29) is 18.6 Å². The van der Waals surface area contributed by atoms with Crippen LogP contribution in [0.4, 0.5) is 0 Å². The Kier molecular flexibility index (Phi) is 2.20. The third kappa shape index (κ3) is 1.19. The van der Waals surface area contributed by atoms with Crippen molar-refractivity contribution in [2.45, 2.75) is 25.4 Å². The van der Waals surface area contributed by atoms with Crippen LogP contribution in [0.3, 0.4) is 0 Å². The molecular formula is C10H16O2. The summed E-state index contributed by atoms with van der Waals surface area (Å²) in [6, 6.07) is 0. The van der Waals surface area contributed by atoms with Crippen LogP contribution in [0.15, 0.2) is 12.2 Å². The lowest BCUT2D eigenvalue weighted by Gasteiger charge is -2.24. The molecule has 0 amide bonds. The number of hydrogen-bond donors (Lipinski definition) is 2. The van der Waals surface area contributed by atoms with E-state index in [1.165, 1.54) is 0 Å². The largest absolute Gasteiger partial charge is 0.396 e. The van der Waals surface area contributed by atoms with E-state index in [9.17, 15) is 5.11 Å². The molecule has 4 atom stereocenters. The van der Waals surface area contributed by atoms with Crippen molar-refractivity contribution in [1.29, 1.82) is 0 Å². The lowest BCUT2D eigenvalue weighted by Crippen LogP contribution is -2.24. The smallest absolute Gasteiger partial charge is 0.0596 e. The lowest BCUT2D eigenvalue weighted by atomic mass is 9.82. The Morgan fingerprint density at radius 2 is 2.00 bits per heavy atom.